The van der Waals surface area contributed by atoms with Crippen molar-refractivity contribution >= 4 is 28.1 Å². The van der Waals surface area contributed by atoms with Crippen molar-refractivity contribution in [2.24, 2.45) is 0 Å². The van der Waals surface area contributed by atoms with Crippen LogP contribution in [-0.2, 0) is 0 Å². The Morgan fingerprint density at radius 2 is 1.19 bits per heavy atom. The molecule has 1 aliphatic rings. The van der Waals surface area contributed by atoms with Crippen LogP contribution in [0.2, 0.25) is 0 Å². The Morgan fingerprint density at radius 3 is 1.78 bits per heavy atom. The molecule has 0 aliphatic carbocycles. The number of hydrogen-bond donors (Lipinski definition) is 0. The van der Waals surface area contributed by atoms with E-state index >= 15 is 0 Å². The molecule has 36 heavy (non-hydrogen) atoms. The molecule has 5 aromatic carbocycles. The summed E-state index contributed by atoms with van der Waals surface area (Å²) < 4.78 is 10.8. The number of benzene rings is 5. The molecule has 0 unspecified atom stereocenters. The molecule has 0 bridgehead atoms. The van der Waals surface area contributed by atoms with Gasteiger partial charge in [-0.3, -0.25) is 9.69 Å². The average Bonchev–Trinajstić information content (AvgIpc) is 3.24. The fraction of sp³-hybridized carbons (Fsp3) is 0.0938. The summed E-state index contributed by atoms with van der Waals surface area (Å²) in [4.78, 5) is 15.8. The van der Waals surface area contributed by atoms with Gasteiger partial charge in [-0.25, -0.2) is 0 Å². The smallest absolute Gasteiger partial charge is 0.263 e. The number of methoxy groups -OCH3 is 2. The van der Waals surface area contributed by atoms with Gasteiger partial charge >= 0.3 is 0 Å². The van der Waals surface area contributed by atoms with Crippen LogP contribution in [0.15, 0.2) is 97.1 Å². The summed E-state index contributed by atoms with van der Waals surface area (Å²) in [6.07, 6.45) is 0. The minimum absolute atomic E-state index is 0.000873. The van der Waals surface area contributed by atoms with Gasteiger partial charge in [0.25, 0.3) is 5.91 Å². The van der Waals surface area contributed by atoms with Gasteiger partial charge in [0, 0.05) is 11.1 Å². The fourth-order valence-corrected chi connectivity index (χ4v) is 5.33. The van der Waals surface area contributed by atoms with Crippen molar-refractivity contribution in [1.29, 1.82) is 0 Å². The maximum Gasteiger partial charge on any atom is 0.263 e. The molecule has 1 amide bonds. The van der Waals surface area contributed by atoms with Gasteiger partial charge in [0.1, 0.15) is 11.5 Å². The molecule has 6 rings (SSSR count). The largest absolute Gasteiger partial charge is 0.497 e. The fourth-order valence-electron chi connectivity index (χ4n) is 5.33. The number of amides is 1. The van der Waals surface area contributed by atoms with E-state index in [0.717, 1.165) is 67.0 Å². The molecule has 0 fully saturated rings. The van der Waals surface area contributed by atoms with E-state index in [1.54, 1.807) is 14.2 Å². The maximum absolute atomic E-state index is 14.0. The zero-order chi connectivity index (χ0) is 24.8. The Kier molecular flexibility index (Phi) is 5.23. The normalized spacial score (nSPS) is 12.3. The molecule has 176 valence electrons. The third kappa shape index (κ3) is 3.26. The second kappa shape index (κ2) is 8.58. The number of carbonyl (C=O) groups is 1. The van der Waals surface area contributed by atoms with Crippen LogP contribution in [0.1, 0.15) is 15.9 Å². The van der Waals surface area contributed by atoms with Crippen molar-refractivity contribution in [2.75, 3.05) is 19.1 Å². The van der Waals surface area contributed by atoms with Crippen LogP contribution in [0.3, 0.4) is 0 Å². The summed E-state index contributed by atoms with van der Waals surface area (Å²) in [5.41, 5.74) is 7.75. The van der Waals surface area contributed by atoms with Crippen molar-refractivity contribution in [3.63, 3.8) is 0 Å². The average molecular weight is 472 g/mol. The Labute approximate surface area is 210 Å². The second-order valence-corrected chi connectivity index (χ2v) is 8.88. The standard InChI is InChI=1S/C32H25NO3/c1-20-28(21-12-16-24(35-2)17-13-21)30(22-14-18-25(36-3)19-15-22)26-10-7-11-27-31(26)29(20)32(34)33(27)23-8-5-4-6-9-23/h4-19H,1-3H3. The molecule has 0 atom stereocenters. The number of anilines is 2. The van der Waals surface area contributed by atoms with Crippen LogP contribution in [0, 0.1) is 6.92 Å². The van der Waals surface area contributed by atoms with Crippen LogP contribution in [-0.4, -0.2) is 20.1 Å². The lowest BCUT2D eigenvalue weighted by molar-refractivity contribution is 0.100. The molecule has 0 aromatic heterocycles. The van der Waals surface area contributed by atoms with Crippen LogP contribution in [0.25, 0.3) is 33.0 Å². The van der Waals surface area contributed by atoms with Crippen molar-refractivity contribution < 1.29 is 14.3 Å². The molecule has 4 nitrogen and oxygen atoms in total. The lowest BCUT2D eigenvalue weighted by atomic mass is 9.84. The predicted molar refractivity (Wildman–Crippen MR) is 146 cm³/mol. The van der Waals surface area contributed by atoms with E-state index in [-0.39, 0.29) is 5.91 Å². The van der Waals surface area contributed by atoms with Crippen molar-refractivity contribution in [3.05, 3.63) is 108 Å². The van der Waals surface area contributed by atoms with Gasteiger partial charge in [0.15, 0.2) is 0 Å². The maximum atomic E-state index is 14.0. The molecule has 0 spiro atoms. The molecule has 1 aliphatic heterocycles. The summed E-state index contributed by atoms with van der Waals surface area (Å²) >= 11 is 0. The third-order valence-corrected chi connectivity index (χ3v) is 6.99. The summed E-state index contributed by atoms with van der Waals surface area (Å²) in [5.74, 6) is 1.60. The topological polar surface area (TPSA) is 38.8 Å². The SMILES string of the molecule is COc1ccc(-c2c(C)c3c4c(cccc4c2-c2ccc(OC)cc2)N(c2ccccc2)C3=O)cc1. The first-order chi connectivity index (χ1) is 17.6. The molecule has 0 N–H and O–H groups in total. The van der Waals surface area contributed by atoms with Crippen molar-refractivity contribution in [2.45, 2.75) is 6.92 Å². The molecule has 0 radical (unpaired) electrons. The lowest BCUT2D eigenvalue weighted by Gasteiger charge is -2.19. The number of hydrogen-bond acceptors (Lipinski definition) is 3. The van der Waals surface area contributed by atoms with E-state index in [9.17, 15) is 4.79 Å². The highest BCUT2D eigenvalue weighted by molar-refractivity contribution is 6.31. The molecule has 0 saturated heterocycles. The second-order valence-electron chi connectivity index (χ2n) is 8.88. The Balaban J connectivity index is 1.70. The minimum Gasteiger partial charge on any atom is -0.497 e. The van der Waals surface area contributed by atoms with Gasteiger partial charge in [-0.15, -0.1) is 0 Å². The van der Waals surface area contributed by atoms with E-state index in [1.165, 1.54) is 0 Å². The van der Waals surface area contributed by atoms with Gasteiger partial charge in [-0.2, -0.15) is 0 Å². The quantitative estimate of drug-likeness (QED) is 0.263. The zero-order valence-corrected chi connectivity index (χ0v) is 20.4. The monoisotopic (exact) mass is 471 g/mol. The van der Waals surface area contributed by atoms with Gasteiger partial charge in [-0.1, -0.05) is 54.6 Å². The molecule has 1 heterocycles. The molecule has 5 aromatic rings. The molecular weight excluding hydrogens is 446 g/mol. The Bertz CT molecular complexity index is 1600. The van der Waals surface area contributed by atoms with Crippen LogP contribution in [0.5, 0.6) is 11.5 Å². The summed E-state index contributed by atoms with van der Waals surface area (Å²) in [6.45, 7) is 2.06. The summed E-state index contributed by atoms with van der Waals surface area (Å²) in [7, 11) is 3.34. The van der Waals surface area contributed by atoms with Crippen molar-refractivity contribution in [1.82, 2.24) is 0 Å². The van der Waals surface area contributed by atoms with Crippen LogP contribution in [0.4, 0.5) is 11.4 Å². The first-order valence-electron chi connectivity index (χ1n) is 11.9. The third-order valence-electron chi connectivity index (χ3n) is 6.99. The lowest BCUT2D eigenvalue weighted by Crippen LogP contribution is -2.21. The van der Waals surface area contributed by atoms with E-state index < -0.39 is 0 Å². The van der Waals surface area contributed by atoms with Gasteiger partial charge < -0.3 is 9.47 Å². The van der Waals surface area contributed by atoms with Gasteiger partial charge in [-0.05, 0) is 82.6 Å². The van der Waals surface area contributed by atoms with Gasteiger partial charge in [0.2, 0.25) is 0 Å². The zero-order valence-electron chi connectivity index (χ0n) is 20.4. The molecule has 0 saturated carbocycles. The molecule has 4 heteroatoms. The molecular formula is C32H25NO3. The van der Waals surface area contributed by atoms with E-state index in [0.29, 0.717) is 0 Å². The highest BCUT2D eigenvalue weighted by Gasteiger charge is 2.35. The highest BCUT2D eigenvalue weighted by atomic mass is 16.5. The number of para-hydroxylation sites is 1. The minimum atomic E-state index is 0.000873. The van der Waals surface area contributed by atoms with Crippen LogP contribution < -0.4 is 14.4 Å². The summed E-state index contributed by atoms with van der Waals surface area (Å²) in [6, 6.07) is 32.2. The van der Waals surface area contributed by atoms with E-state index in [2.05, 4.69) is 37.3 Å². The van der Waals surface area contributed by atoms with Gasteiger partial charge in [0.05, 0.1) is 25.5 Å². The first-order valence-corrected chi connectivity index (χ1v) is 11.9. The predicted octanol–water partition coefficient (Wildman–Crippen LogP) is 7.79. The number of carbonyl (C=O) groups excluding carboxylic acids is 1. The highest BCUT2D eigenvalue weighted by Crippen LogP contribution is 2.50. The van der Waals surface area contributed by atoms with E-state index in [4.69, 9.17) is 9.47 Å². The first kappa shape index (κ1) is 21.9. The Hall–Kier alpha value is -4.57. The Morgan fingerprint density at radius 1 is 0.611 bits per heavy atom. The number of nitrogens with zero attached hydrogens (tertiary/aromatic N) is 1. The number of rotatable bonds is 5. The van der Waals surface area contributed by atoms with Crippen molar-refractivity contribution in [3.8, 4) is 33.8 Å². The number of ether oxygens (including phenoxy) is 2. The summed E-state index contributed by atoms with van der Waals surface area (Å²) in [5, 5.41) is 2.04. The van der Waals surface area contributed by atoms with Crippen LogP contribution >= 0.6 is 0 Å². The van der Waals surface area contributed by atoms with E-state index in [1.807, 2.05) is 71.6 Å².